The fourth-order valence-corrected chi connectivity index (χ4v) is 2.90. The first-order valence-electron chi connectivity index (χ1n) is 6.67. The zero-order valence-electron chi connectivity index (χ0n) is 11.8. The molecule has 1 unspecified atom stereocenters. The highest BCUT2D eigenvalue weighted by Gasteiger charge is 2.37. The number of nitrogens with zero attached hydrogens (tertiary/aromatic N) is 2. The Bertz CT molecular complexity index is 473. The molecule has 1 aliphatic rings. The van der Waals surface area contributed by atoms with E-state index in [0.717, 1.165) is 13.0 Å². The van der Waals surface area contributed by atoms with Crippen LogP contribution in [0.5, 0.6) is 0 Å². The number of hydrogen-bond donors (Lipinski definition) is 2. The molecular weight excluding hydrogens is 276 g/mol. The van der Waals surface area contributed by atoms with E-state index in [4.69, 9.17) is 0 Å². The summed E-state index contributed by atoms with van der Waals surface area (Å²) < 4.78 is 1.52. The van der Waals surface area contributed by atoms with Gasteiger partial charge in [-0.05, 0) is 20.3 Å². The number of aryl methyl sites for hydroxylation is 1. The lowest BCUT2D eigenvalue weighted by atomic mass is 10.1. The summed E-state index contributed by atoms with van der Waals surface area (Å²) in [5.74, 6) is 0.436. The van der Waals surface area contributed by atoms with Crippen LogP contribution in [0, 0.1) is 0 Å². The summed E-state index contributed by atoms with van der Waals surface area (Å²) in [6.07, 6.45) is 6.21. The summed E-state index contributed by atoms with van der Waals surface area (Å²) in [7, 11) is 0. The highest BCUT2D eigenvalue weighted by Crippen LogP contribution is 2.28. The van der Waals surface area contributed by atoms with E-state index < -0.39 is 10.8 Å². The van der Waals surface area contributed by atoms with Crippen molar-refractivity contribution in [2.75, 3.05) is 12.3 Å². The number of carbonyl (C=O) groups excluding carboxylic acids is 2. The van der Waals surface area contributed by atoms with Crippen LogP contribution in [0.4, 0.5) is 0 Å². The molecule has 0 bridgehead atoms. The summed E-state index contributed by atoms with van der Waals surface area (Å²) in [5, 5.41) is 5.64. The topological polar surface area (TPSA) is 76.0 Å². The third kappa shape index (κ3) is 3.75. The predicted octanol–water partition coefficient (Wildman–Crippen LogP) is 0.400. The number of nitrogens with one attached hydrogen (secondary N) is 2. The summed E-state index contributed by atoms with van der Waals surface area (Å²) >= 11 is 1.52. The molecule has 1 aromatic rings. The van der Waals surface area contributed by atoms with Crippen molar-refractivity contribution in [1.29, 1.82) is 0 Å². The molecule has 1 fully saturated rings. The van der Waals surface area contributed by atoms with Gasteiger partial charge in [0.25, 0.3) is 0 Å². The second-order valence-electron chi connectivity index (χ2n) is 5.29. The number of hydrogen-bond acceptors (Lipinski definition) is 4. The van der Waals surface area contributed by atoms with Gasteiger partial charge < -0.3 is 15.2 Å². The van der Waals surface area contributed by atoms with Crippen molar-refractivity contribution < 1.29 is 9.59 Å². The van der Waals surface area contributed by atoms with Crippen LogP contribution in [-0.2, 0) is 16.1 Å². The molecule has 6 nitrogen and oxygen atoms in total. The molecule has 0 radical (unpaired) electrons. The number of thioether (sulfide) groups is 1. The van der Waals surface area contributed by atoms with Crippen molar-refractivity contribution in [3.63, 3.8) is 0 Å². The average molecular weight is 296 g/mol. The molecule has 7 heteroatoms. The third-order valence-corrected chi connectivity index (χ3v) is 4.64. The van der Waals surface area contributed by atoms with Crippen LogP contribution in [0.25, 0.3) is 0 Å². The lowest BCUT2D eigenvalue weighted by molar-refractivity contribution is -0.129. The normalized spacial score (nSPS) is 21.3. The predicted molar refractivity (Wildman–Crippen MR) is 78.3 cm³/mol. The lowest BCUT2D eigenvalue weighted by Crippen LogP contribution is -2.57. The molecule has 0 spiro atoms. The highest BCUT2D eigenvalue weighted by molar-refractivity contribution is 8.01. The fourth-order valence-electron chi connectivity index (χ4n) is 1.89. The molecule has 0 saturated carbocycles. The second kappa shape index (κ2) is 6.30. The first-order valence-corrected chi connectivity index (χ1v) is 7.66. The molecule has 20 heavy (non-hydrogen) atoms. The quantitative estimate of drug-likeness (QED) is 0.771. The van der Waals surface area contributed by atoms with E-state index in [-0.39, 0.29) is 11.8 Å². The molecule has 2 heterocycles. The summed E-state index contributed by atoms with van der Waals surface area (Å²) in [6.45, 7) is 5.15. The van der Waals surface area contributed by atoms with Gasteiger partial charge in [-0.2, -0.15) is 0 Å². The third-order valence-electron chi connectivity index (χ3n) is 3.23. The van der Waals surface area contributed by atoms with E-state index >= 15 is 0 Å². The minimum absolute atomic E-state index is 0.0766. The van der Waals surface area contributed by atoms with Crippen LogP contribution in [0.15, 0.2) is 18.7 Å². The summed E-state index contributed by atoms with van der Waals surface area (Å²) in [4.78, 5) is 27.7. The number of aromatic nitrogens is 2. The molecule has 2 N–H and O–H groups in total. The largest absolute Gasteiger partial charge is 0.354 e. The molecule has 1 atom stereocenters. The van der Waals surface area contributed by atoms with Gasteiger partial charge in [0.15, 0.2) is 0 Å². The summed E-state index contributed by atoms with van der Waals surface area (Å²) in [6, 6.07) is -0.422. The monoisotopic (exact) mass is 296 g/mol. The van der Waals surface area contributed by atoms with Gasteiger partial charge in [-0.15, -0.1) is 11.8 Å². The maximum Gasteiger partial charge on any atom is 0.243 e. The first kappa shape index (κ1) is 14.9. The minimum Gasteiger partial charge on any atom is -0.354 e. The molecule has 110 valence electrons. The molecule has 2 amide bonds. The molecule has 0 aromatic carbocycles. The second-order valence-corrected chi connectivity index (χ2v) is 6.94. The maximum absolute atomic E-state index is 12.0. The van der Waals surface area contributed by atoms with Gasteiger partial charge >= 0.3 is 0 Å². The standard InChI is InChI=1S/C13H20N4O2S/c1-13(2)12(19)16-10(8-20-13)11(18)15-4-3-6-17-7-5-14-9-17/h5,7,9-10H,3-4,6,8H2,1-2H3,(H,15,18)(H,16,19). The molecule has 1 aliphatic heterocycles. The first-order chi connectivity index (χ1) is 9.49. The molecule has 0 aliphatic carbocycles. The minimum atomic E-state index is -0.446. The van der Waals surface area contributed by atoms with Crippen molar-refractivity contribution in [2.24, 2.45) is 0 Å². The Balaban J connectivity index is 1.69. The number of carbonyl (C=O) groups is 2. The van der Waals surface area contributed by atoms with E-state index in [1.54, 1.807) is 12.5 Å². The van der Waals surface area contributed by atoms with Gasteiger partial charge in [0.2, 0.25) is 11.8 Å². The van der Waals surface area contributed by atoms with Gasteiger partial charge in [-0.1, -0.05) is 0 Å². The van der Waals surface area contributed by atoms with Crippen molar-refractivity contribution >= 4 is 23.6 Å². The van der Waals surface area contributed by atoms with E-state index in [9.17, 15) is 9.59 Å². The van der Waals surface area contributed by atoms with Crippen molar-refractivity contribution in [3.8, 4) is 0 Å². The molecule has 1 aromatic heterocycles. The molecule has 1 saturated heterocycles. The lowest BCUT2D eigenvalue weighted by Gasteiger charge is -2.32. The zero-order valence-corrected chi connectivity index (χ0v) is 12.6. The van der Waals surface area contributed by atoms with Crippen LogP contribution in [0.3, 0.4) is 0 Å². The molecule has 2 rings (SSSR count). The van der Waals surface area contributed by atoms with Gasteiger partial charge in [0, 0.05) is 31.2 Å². The summed E-state index contributed by atoms with van der Waals surface area (Å²) in [5.41, 5.74) is 0. The van der Waals surface area contributed by atoms with Crippen molar-refractivity contribution in [2.45, 2.75) is 37.6 Å². The van der Waals surface area contributed by atoms with Gasteiger partial charge in [-0.3, -0.25) is 9.59 Å². The Morgan fingerprint density at radius 3 is 3.10 bits per heavy atom. The van der Waals surface area contributed by atoms with Crippen LogP contribution >= 0.6 is 11.8 Å². The zero-order chi connectivity index (χ0) is 14.6. The molecular formula is C13H20N4O2S. The average Bonchev–Trinajstić information content (AvgIpc) is 2.91. The van der Waals surface area contributed by atoms with Gasteiger partial charge in [0.1, 0.15) is 6.04 Å². The highest BCUT2D eigenvalue weighted by atomic mass is 32.2. The van der Waals surface area contributed by atoms with E-state index in [1.807, 2.05) is 24.6 Å². The van der Waals surface area contributed by atoms with E-state index in [0.29, 0.717) is 12.3 Å². The Morgan fingerprint density at radius 1 is 1.65 bits per heavy atom. The van der Waals surface area contributed by atoms with Crippen LogP contribution in [0.2, 0.25) is 0 Å². The number of imidazole rings is 1. The van der Waals surface area contributed by atoms with Gasteiger partial charge in [-0.25, -0.2) is 4.98 Å². The van der Waals surface area contributed by atoms with Crippen molar-refractivity contribution in [3.05, 3.63) is 18.7 Å². The smallest absolute Gasteiger partial charge is 0.243 e. The van der Waals surface area contributed by atoms with Crippen LogP contribution in [0.1, 0.15) is 20.3 Å². The van der Waals surface area contributed by atoms with Crippen molar-refractivity contribution in [1.82, 2.24) is 20.2 Å². The SMILES string of the molecule is CC1(C)SCC(C(=O)NCCCn2ccnc2)NC1=O. The number of amides is 2. The van der Waals surface area contributed by atoms with Gasteiger partial charge in [0.05, 0.1) is 11.1 Å². The maximum atomic E-state index is 12.0. The van der Waals surface area contributed by atoms with Crippen LogP contribution in [-0.4, -0.2) is 44.5 Å². The van der Waals surface area contributed by atoms with E-state index in [2.05, 4.69) is 15.6 Å². The fraction of sp³-hybridized carbons (Fsp3) is 0.615. The Kier molecular flexibility index (Phi) is 4.69. The Morgan fingerprint density at radius 2 is 2.45 bits per heavy atom. The number of rotatable bonds is 5. The Hall–Kier alpha value is -1.50. The van der Waals surface area contributed by atoms with Crippen LogP contribution < -0.4 is 10.6 Å². The Labute approximate surface area is 122 Å². The van der Waals surface area contributed by atoms with E-state index in [1.165, 1.54) is 11.8 Å².